The van der Waals surface area contributed by atoms with Gasteiger partial charge in [0.15, 0.2) is 0 Å². The molecule has 2 heterocycles. The monoisotopic (exact) mass is 419 g/mol. The Labute approximate surface area is 160 Å². The Morgan fingerprint density at radius 2 is 1.70 bits per heavy atom. The lowest BCUT2D eigenvalue weighted by atomic mass is 10.2. The van der Waals surface area contributed by atoms with E-state index in [1.807, 2.05) is 6.07 Å². The molecule has 5 nitrogen and oxygen atoms in total. The first kappa shape index (κ1) is 19.9. The maximum atomic E-state index is 13.0. The highest BCUT2D eigenvalue weighted by molar-refractivity contribution is 7.92. The molecule has 0 amide bonds. The third-order valence-electron chi connectivity index (χ3n) is 4.35. The lowest BCUT2D eigenvalue weighted by Gasteiger charge is -2.36. The molecule has 1 aliphatic rings. The van der Waals surface area contributed by atoms with E-state index in [4.69, 9.17) is 11.6 Å². The van der Waals surface area contributed by atoms with Gasteiger partial charge >= 0.3 is 5.51 Å². The minimum Gasteiger partial charge on any atom is -0.368 e. The Balaban J connectivity index is 1.73. The number of sulfone groups is 1. The van der Waals surface area contributed by atoms with Crippen molar-refractivity contribution in [2.24, 2.45) is 0 Å². The number of rotatable bonds is 4. The molecule has 0 N–H and O–H groups in total. The molecule has 0 saturated carbocycles. The number of hydrogen-bond donors (Lipinski definition) is 0. The van der Waals surface area contributed by atoms with Gasteiger partial charge in [0.1, 0.15) is 0 Å². The van der Waals surface area contributed by atoms with Crippen LogP contribution in [0.2, 0.25) is 5.02 Å². The summed E-state index contributed by atoms with van der Waals surface area (Å²) in [5.74, 6) is 0. The lowest BCUT2D eigenvalue weighted by molar-refractivity contribution is -0.0435. The zero-order valence-electron chi connectivity index (χ0n) is 14.2. The van der Waals surface area contributed by atoms with Crippen LogP contribution in [-0.2, 0) is 16.4 Å². The number of hydrogen-bond acceptors (Lipinski definition) is 5. The van der Waals surface area contributed by atoms with Gasteiger partial charge in [0, 0.05) is 38.9 Å². The first-order valence-corrected chi connectivity index (χ1v) is 10.0. The van der Waals surface area contributed by atoms with Gasteiger partial charge in [-0.3, -0.25) is 9.88 Å². The van der Waals surface area contributed by atoms with Crippen LogP contribution in [0.1, 0.15) is 5.69 Å². The Morgan fingerprint density at radius 3 is 2.30 bits per heavy atom. The van der Waals surface area contributed by atoms with Crippen molar-refractivity contribution in [2.75, 3.05) is 31.1 Å². The highest BCUT2D eigenvalue weighted by Gasteiger charge is 2.48. The molecular weight excluding hydrogens is 403 g/mol. The number of pyridine rings is 1. The van der Waals surface area contributed by atoms with Crippen molar-refractivity contribution >= 4 is 27.1 Å². The van der Waals surface area contributed by atoms with E-state index >= 15 is 0 Å². The summed E-state index contributed by atoms with van der Waals surface area (Å²) in [4.78, 5) is 7.30. The van der Waals surface area contributed by atoms with Gasteiger partial charge in [-0.25, -0.2) is 8.42 Å². The largest absolute Gasteiger partial charge is 0.501 e. The molecule has 27 heavy (non-hydrogen) atoms. The number of alkyl halides is 3. The van der Waals surface area contributed by atoms with Gasteiger partial charge in [-0.15, -0.1) is 0 Å². The lowest BCUT2D eigenvalue weighted by Crippen LogP contribution is -2.46. The van der Waals surface area contributed by atoms with Crippen LogP contribution in [-0.4, -0.2) is 50.0 Å². The third-order valence-corrected chi connectivity index (χ3v) is 6.10. The quantitative estimate of drug-likeness (QED) is 0.760. The van der Waals surface area contributed by atoms with Crippen molar-refractivity contribution in [2.45, 2.75) is 16.9 Å². The number of nitrogens with zero attached hydrogens (tertiary/aromatic N) is 3. The van der Waals surface area contributed by atoms with E-state index in [-0.39, 0.29) is 5.69 Å². The van der Waals surface area contributed by atoms with Crippen LogP contribution in [0.15, 0.2) is 47.5 Å². The van der Waals surface area contributed by atoms with Gasteiger partial charge in [-0.05, 0) is 24.3 Å². The maximum Gasteiger partial charge on any atom is 0.501 e. The maximum absolute atomic E-state index is 13.0. The number of piperazine rings is 1. The van der Waals surface area contributed by atoms with E-state index in [9.17, 15) is 21.6 Å². The third kappa shape index (κ3) is 4.36. The number of benzene rings is 1. The second kappa shape index (κ2) is 7.65. The predicted molar refractivity (Wildman–Crippen MR) is 96.4 cm³/mol. The summed E-state index contributed by atoms with van der Waals surface area (Å²) in [6.07, 6.45) is 1.56. The number of para-hydroxylation sites is 1. The Morgan fingerprint density at radius 1 is 1.04 bits per heavy atom. The smallest absolute Gasteiger partial charge is 0.368 e. The second-order valence-corrected chi connectivity index (χ2v) is 8.49. The van der Waals surface area contributed by atoms with Gasteiger partial charge in [-0.1, -0.05) is 23.7 Å². The molecule has 1 saturated heterocycles. The van der Waals surface area contributed by atoms with Crippen LogP contribution in [0.25, 0.3) is 0 Å². The van der Waals surface area contributed by atoms with Crippen LogP contribution in [0, 0.1) is 0 Å². The molecule has 2 aromatic rings. The van der Waals surface area contributed by atoms with E-state index < -0.39 is 20.2 Å². The van der Waals surface area contributed by atoms with Gasteiger partial charge in [0.25, 0.3) is 9.84 Å². The highest BCUT2D eigenvalue weighted by atomic mass is 35.5. The van der Waals surface area contributed by atoms with Crippen molar-refractivity contribution < 1.29 is 21.6 Å². The Hall–Kier alpha value is -1.84. The fourth-order valence-electron chi connectivity index (χ4n) is 2.95. The fourth-order valence-corrected chi connectivity index (χ4v) is 4.04. The minimum absolute atomic E-state index is 0.0825. The summed E-state index contributed by atoms with van der Waals surface area (Å²) in [6, 6.07) is 8.81. The number of halogens is 4. The standard InChI is InChI=1S/C17H17ClF3N3O2S/c18-13-5-6-14(22-11-13)12-23-7-9-24(10-8-23)15-3-1-2-4-16(15)27(25,26)17(19,20)21/h1-6,11H,7-10,12H2. The molecule has 10 heteroatoms. The molecule has 0 spiro atoms. The molecule has 3 rings (SSSR count). The fraction of sp³-hybridized carbons (Fsp3) is 0.353. The number of anilines is 1. The topological polar surface area (TPSA) is 53.5 Å². The Kier molecular flexibility index (Phi) is 5.64. The van der Waals surface area contributed by atoms with Crippen molar-refractivity contribution in [1.29, 1.82) is 0 Å². The molecule has 0 aliphatic carbocycles. The normalized spacial score (nSPS) is 16.5. The summed E-state index contributed by atoms with van der Waals surface area (Å²) in [7, 11) is -5.40. The van der Waals surface area contributed by atoms with Crippen molar-refractivity contribution in [3.05, 3.63) is 53.3 Å². The molecule has 1 fully saturated rings. The van der Waals surface area contributed by atoms with E-state index in [0.29, 0.717) is 37.7 Å². The van der Waals surface area contributed by atoms with Gasteiger partial charge in [0.2, 0.25) is 0 Å². The van der Waals surface area contributed by atoms with Crippen molar-refractivity contribution in [3.8, 4) is 0 Å². The first-order chi connectivity index (χ1) is 12.7. The zero-order chi connectivity index (χ0) is 19.7. The molecular formula is C17H17ClF3N3O2S. The first-order valence-electron chi connectivity index (χ1n) is 8.16. The molecule has 146 valence electrons. The van der Waals surface area contributed by atoms with E-state index in [0.717, 1.165) is 11.8 Å². The van der Waals surface area contributed by atoms with Gasteiger partial charge in [-0.2, -0.15) is 13.2 Å². The summed E-state index contributed by atoms with van der Waals surface area (Å²) in [5, 5.41) is 0.547. The second-order valence-electron chi connectivity index (χ2n) is 6.15. The molecule has 1 aromatic heterocycles. The van der Waals surface area contributed by atoms with Crippen LogP contribution in [0.3, 0.4) is 0 Å². The van der Waals surface area contributed by atoms with Gasteiger partial charge < -0.3 is 4.90 Å². The highest BCUT2D eigenvalue weighted by Crippen LogP contribution is 2.36. The van der Waals surface area contributed by atoms with Crippen molar-refractivity contribution in [1.82, 2.24) is 9.88 Å². The zero-order valence-corrected chi connectivity index (χ0v) is 15.7. The summed E-state index contributed by atoms with van der Waals surface area (Å²) < 4.78 is 62.6. The molecule has 0 atom stereocenters. The summed E-state index contributed by atoms with van der Waals surface area (Å²) in [5.41, 5.74) is -4.41. The van der Waals surface area contributed by atoms with Crippen molar-refractivity contribution in [3.63, 3.8) is 0 Å². The Bertz CT molecular complexity index is 896. The average Bonchev–Trinajstić information content (AvgIpc) is 2.63. The van der Waals surface area contributed by atoms with Gasteiger partial charge in [0.05, 0.1) is 21.3 Å². The van der Waals surface area contributed by atoms with Crippen LogP contribution in [0.5, 0.6) is 0 Å². The van der Waals surface area contributed by atoms with E-state index in [2.05, 4.69) is 9.88 Å². The van der Waals surface area contributed by atoms with Crippen LogP contribution >= 0.6 is 11.6 Å². The van der Waals surface area contributed by atoms with Crippen LogP contribution < -0.4 is 4.90 Å². The SMILES string of the molecule is O=S(=O)(c1ccccc1N1CCN(Cc2ccc(Cl)cn2)CC1)C(F)(F)F. The minimum atomic E-state index is -5.40. The number of aromatic nitrogens is 1. The summed E-state index contributed by atoms with van der Waals surface area (Å²) in [6.45, 7) is 2.57. The van der Waals surface area contributed by atoms with Crippen LogP contribution in [0.4, 0.5) is 18.9 Å². The average molecular weight is 420 g/mol. The molecule has 0 bridgehead atoms. The molecule has 0 radical (unpaired) electrons. The molecule has 1 aliphatic heterocycles. The van der Waals surface area contributed by atoms with E-state index in [1.54, 1.807) is 17.2 Å². The van der Waals surface area contributed by atoms with E-state index in [1.165, 1.54) is 18.2 Å². The summed E-state index contributed by atoms with van der Waals surface area (Å²) >= 11 is 5.81. The molecule has 0 unspecified atom stereocenters. The predicted octanol–water partition coefficient (Wildman–Crippen LogP) is 3.35. The molecule has 1 aromatic carbocycles.